The Morgan fingerprint density at radius 3 is 2.22 bits per heavy atom. The highest BCUT2D eigenvalue weighted by Gasteiger charge is 2.25. The summed E-state index contributed by atoms with van der Waals surface area (Å²) in [5.74, 6) is -0.184. The molecule has 1 heterocycles. The van der Waals surface area contributed by atoms with E-state index in [4.69, 9.17) is 9.47 Å². The molecule has 0 radical (unpaired) electrons. The molecular weight excluding hydrogens is 414 g/mol. The van der Waals surface area contributed by atoms with Gasteiger partial charge >= 0.3 is 5.97 Å². The first-order valence-corrected chi connectivity index (χ1v) is 10.6. The third-order valence-electron chi connectivity index (χ3n) is 5.19. The SMILES string of the molecule is CCOC(=O)c1cc(C(=O)N2CCN(Cc3ccc(OCC)cc3)CC2)cc([N+](=O)[O-])c1. The molecular formula is C23H27N3O6. The van der Waals surface area contributed by atoms with E-state index in [0.29, 0.717) is 32.8 Å². The fourth-order valence-corrected chi connectivity index (χ4v) is 3.58. The summed E-state index contributed by atoms with van der Waals surface area (Å²) in [5.41, 5.74) is 0.958. The average Bonchev–Trinajstić information content (AvgIpc) is 2.80. The lowest BCUT2D eigenvalue weighted by Gasteiger charge is -2.34. The highest BCUT2D eigenvalue weighted by Crippen LogP contribution is 2.21. The van der Waals surface area contributed by atoms with Gasteiger partial charge in [-0.1, -0.05) is 12.1 Å². The van der Waals surface area contributed by atoms with Gasteiger partial charge in [0.05, 0.1) is 23.7 Å². The van der Waals surface area contributed by atoms with Gasteiger partial charge in [0, 0.05) is 50.4 Å². The second kappa shape index (κ2) is 10.7. The normalized spacial score (nSPS) is 14.1. The zero-order valence-corrected chi connectivity index (χ0v) is 18.3. The van der Waals surface area contributed by atoms with Gasteiger partial charge in [-0.3, -0.25) is 19.8 Å². The summed E-state index contributed by atoms with van der Waals surface area (Å²) in [6.45, 7) is 7.46. The van der Waals surface area contributed by atoms with Crippen LogP contribution in [0.25, 0.3) is 0 Å². The van der Waals surface area contributed by atoms with Crippen LogP contribution >= 0.6 is 0 Å². The number of piperazine rings is 1. The number of nitro groups is 1. The van der Waals surface area contributed by atoms with E-state index in [1.807, 2.05) is 31.2 Å². The molecule has 0 aromatic heterocycles. The average molecular weight is 441 g/mol. The Morgan fingerprint density at radius 1 is 0.969 bits per heavy atom. The van der Waals surface area contributed by atoms with Crippen LogP contribution in [0.4, 0.5) is 5.69 Å². The molecule has 0 aliphatic carbocycles. The Kier molecular flexibility index (Phi) is 7.77. The maximum Gasteiger partial charge on any atom is 0.338 e. The molecule has 170 valence electrons. The third-order valence-corrected chi connectivity index (χ3v) is 5.19. The predicted octanol–water partition coefficient (Wildman–Crippen LogP) is 3.13. The molecule has 0 atom stereocenters. The van der Waals surface area contributed by atoms with Crippen molar-refractivity contribution in [1.82, 2.24) is 9.80 Å². The van der Waals surface area contributed by atoms with Gasteiger partial charge in [-0.2, -0.15) is 0 Å². The molecule has 0 bridgehead atoms. The Labute approximate surface area is 186 Å². The van der Waals surface area contributed by atoms with E-state index in [2.05, 4.69) is 4.90 Å². The van der Waals surface area contributed by atoms with Crippen molar-refractivity contribution in [3.63, 3.8) is 0 Å². The predicted molar refractivity (Wildman–Crippen MR) is 118 cm³/mol. The highest BCUT2D eigenvalue weighted by atomic mass is 16.6. The summed E-state index contributed by atoms with van der Waals surface area (Å²) in [6, 6.07) is 11.6. The van der Waals surface area contributed by atoms with Crippen molar-refractivity contribution in [1.29, 1.82) is 0 Å². The van der Waals surface area contributed by atoms with Crippen molar-refractivity contribution in [3.8, 4) is 5.75 Å². The van der Waals surface area contributed by atoms with Gasteiger partial charge in [0.1, 0.15) is 5.75 Å². The number of carbonyl (C=O) groups excluding carboxylic acids is 2. The van der Waals surface area contributed by atoms with Gasteiger partial charge < -0.3 is 14.4 Å². The van der Waals surface area contributed by atoms with Crippen LogP contribution in [0.1, 0.15) is 40.1 Å². The number of hydrogen-bond donors (Lipinski definition) is 0. The van der Waals surface area contributed by atoms with E-state index < -0.39 is 10.9 Å². The standard InChI is InChI=1S/C23H27N3O6/c1-3-31-21-7-5-17(6-8-21)16-24-9-11-25(12-10-24)22(27)18-13-19(23(28)32-4-2)15-20(14-18)26(29)30/h5-8,13-15H,3-4,9-12,16H2,1-2H3. The number of rotatable bonds is 8. The van der Waals surface area contributed by atoms with E-state index in [-0.39, 0.29) is 29.3 Å². The van der Waals surface area contributed by atoms with Crippen LogP contribution < -0.4 is 4.74 Å². The molecule has 9 heteroatoms. The lowest BCUT2D eigenvalue weighted by Crippen LogP contribution is -2.48. The number of nitro benzene ring substituents is 1. The van der Waals surface area contributed by atoms with E-state index in [9.17, 15) is 19.7 Å². The van der Waals surface area contributed by atoms with Gasteiger partial charge in [0.25, 0.3) is 11.6 Å². The second-order valence-electron chi connectivity index (χ2n) is 7.39. The number of esters is 1. The summed E-state index contributed by atoms with van der Waals surface area (Å²) in [6.07, 6.45) is 0. The molecule has 3 rings (SSSR count). The largest absolute Gasteiger partial charge is 0.494 e. The van der Waals surface area contributed by atoms with Crippen molar-refractivity contribution in [2.45, 2.75) is 20.4 Å². The quantitative estimate of drug-likeness (QED) is 0.352. The van der Waals surface area contributed by atoms with Crippen molar-refractivity contribution < 1.29 is 24.0 Å². The molecule has 1 aliphatic heterocycles. The van der Waals surface area contributed by atoms with Crippen molar-refractivity contribution in [2.24, 2.45) is 0 Å². The molecule has 1 fully saturated rings. The summed E-state index contributed by atoms with van der Waals surface area (Å²) in [7, 11) is 0. The van der Waals surface area contributed by atoms with Crippen LogP contribution in [0.2, 0.25) is 0 Å². The first kappa shape index (κ1) is 23.2. The fraction of sp³-hybridized carbons (Fsp3) is 0.391. The number of amides is 1. The van der Waals surface area contributed by atoms with Crippen molar-refractivity contribution >= 4 is 17.6 Å². The summed E-state index contributed by atoms with van der Waals surface area (Å²) in [4.78, 5) is 39.6. The zero-order valence-electron chi connectivity index (χ0n) is 18.3. The Morgan fingerprint density at radius 2 is 1.62 bits per heavy atom. The Bertz CT molecular complexity index is 968. The molecule has 1 saturated heterocycles. The van der Waals surface area contributed by atoms with Crippen LogP contribution in [-0.4, -0.2) is 66.0 Å². The van der Waals surface area contributed by atoms with Gasteiger partial charge in [-0.05, 0) is 37.6 Å². The topological polar surface area (TPSA) is 102 Å². The van der Waals surface area contributed by atoms with Crippen LogP contribution in [-0.2, 0) is 11.3 Å². The molecule has 9 nitrogen and oxygen atoms in total. The van der Waals surface area contributed by atoms with Crippen molar-refractivity contribution in [3.05, 3.63) is 69.3 Å². The first-order valence-electron chi connectivity index (χ1n) is 10.6. The number of ether oxygens (including phenoxy) is 2. The maximum atomic E-state index is 13.0. The molecule has 2 aromatic rings. The van der Waals surface area contributed by atoms with Crippen LogP contribution in [0, 0.1) is 10.1 Å². The molecule has 0 unspecified atom stereocenters. The summed E-state index contributed by atoms with van der Waals surface area (Å²) < 4.78 is 10.4. The highest BCUT2D eigenvalue weighted by molar-refractivity contribution is 5.99. The lowest BCUT2D eigenvalue weighted by atomic mass is 10.1. The van der Waals surface area contributed by atoms with Gasteiger partial charge in [0.2, 0.25) is 0 Å². The maximum absolute atomic E-state index is 13.0. The minimum absolute atomic E-state index is 0.00136. The number of carbonyl (C=O) groups is 2. The molecule has 0 spiro atoms. The molecule has 32 heavy (non-hydrogen) atoms. The van der Waals surface area contributed by atoms with Gasteiger partial charge in [-0.15, -0.1) is 0 Å². The summed E-state index contributed by atoms with van der Waals surface area (Å²) in [5, 5.41) is 11.3. The Hall–Kier alpha value is -3.46. The molecule has 0 N–H and O–H groups in total. The Balaban J connectivity index is 1.64. The number of benzene rings is 2. The van der Waals surface area contributed by atoms with Crippen LogP contribution in [0.5, 0.6) is 5.75 Å². The van der Waals surface area contributed by atoms with Crippen molar-refractivity contribution in [2.75, 3.05) is 39.4 Å². The first-order chi connectivity index (χ1) is 15.4. The molecule has 0 saturated carbocycles. The van der Waals surface area contributed by atoms with Crippen LogP contribution in [0.15, 0.2) is 42.5 Å². The minimum Gasteiger partial charge on any atom is -0.494 e. The van der Waals surface area contributed by atoms with E-state index >= 15 is 0 Å². The monoisotopic (exact) mass is 441 g/mol. The molecule has 1 amide bonds. The number of non-ortho nitro benzene ring substituents is 1. The number of hydrogen-bond acceptors (Lipinski definition) is 7. The summed E-state index contributed by atoms with van der Waals surface area (Å²) >= 11 is 0. The second-order valence-corrected chi connectivity index (χ2v) is 7.39. The van der Waals surface area contributed by atoms with E-state index in [0.717, 1.165) is 23.9 Å². The third kappa shape index (κ3) is 5.82. The van der Waals surface area contributed by atoms with Crippen LogP contribution in [0.3, 0.4) is 0 Å². The van der Waals surface area contributed by atoms with E-state index in [1.165, 1.54) is 12.1 Å². The van der Waals surface area contributed by atoms with E-state index in [1.54, 1.807) is 11.8 Å². The van der Waals surface area contributed by atoms with Gasteiger partial charge in [-0.25, -0.2) is 4.79 Å². The number of nitrogens with zero attached hydrogens (tertiary/aromatic N) is 3. The smallest absolute Gasteiger partial charge is 0.338 e. The molecule has 1 aliphatic rings. The minimum atomic E-state index is -0.689. The van der Waals surface area contributed by atoms with Gasteiger partial charge in [0.15, 0.2) is 0 Å². The molecule has 2 aromatic carbocycles. The fourth-order valence-electron chi connectivity index (χ4n) is 3.58. The zero-order chi connectivity index (χ0) is 23.1. The lowest BCUT2D eigenvalue weighted by molar-refractivity contribution is -0.384.